The average molecular weight is 405 g/mol. The molecule has 2 aromatic carbocycles. The van der Waals surface area contributed by atoms with Crippen molar-refractivity contribution < 1.29 is 10.8 Å². The number of pyridine rings is 1. The van der Waals surface area contributed by atoms with Gasteiger partial charge in [-0.25, -0.2) is 9.99 Å². The molecule has 0 fully saturated rings. The van der Waals surface area contributed by atoms with Crippen LogP contribution in [0.2, 0.25) is 0 Å². The van der Waals surface area contributed by atoms with E-state index < -0.39 is 6.64 Å². The number of rotatable bonds is 6. The molecule has 3 aromatic rings. The second kappa shape index (κ2) is 8.41. The van der Waals surface area contributed by atoms with E-state index in [9.17, 15) is 0 Å². The van der Waals surface area contributed by atoms with Gasteiger partial charge in [-0.15, -0.1) is 0 Å². The van der Waals surface area contributed by atoms with E-state index in [0.717, 1.165) is 39.4 Å². The highest BCUT2D eigenvalue weighted by molar-refractivity contribution is 5.66. The van der Waals surface area contributed by atoms with Crippen LogP contribution in [0, 0.1) is 13.8 Å². The van der Waals surface area contributed by atoms with Gasteiger partial charge in [-0.2, -0.15) is 0 Å². The molecule has 7 heteroatoms. The number of aromatic nitrogens is 1. The van der Waals surface area contributed by atoms with E-state index in [1.807, 2.05) is 68.4 Å². The van der Waals surface area contributed by atoms with Gasteiger partial charge in [0.05, 0.1) is 14.2 Å². The summed E-state index contributed by atoms with van der Waals surface area (Å²) in [5.41, 5.74) is 5.81. The standard InChI is InChI=1S/C23H25N5O2/c1-16-6-5-7-22(28-15-27(3)25-26-28)21(16)14-30-23-13-12-20(17(2)24-23)18-8-10-19(29-4)11-9-18/h5-13H,14-15H2,1-4H3/i15T. The fraction of sp³-hybridized carbons (Fsp3) is 0.261. The lowest BCUT2D eigenvalue weighted by Gasteiger charge is -2.19. The largest absolute Gasteiger partial charge is 0.497 e. The summed E-state index contributed by atoms with van der Waals surface area (Å²) < 4.78 is 19.5. The van der Waals surface area contributed by atoms with E-state index >= 15 is 0 Å². The van der Waals surface area contributed by atoms with Crippen molar-refractivity contribution in [3.05, 3.63) is 71.4 Å². The minimum absolute atomic E-state index is 0.318. The molecule has 4 rings (SSSR count). The lowest BCUT2D eigenvalue weighted by atomic mass is 10.0. The maximum Gasteiger partial charge on any atom is 0.213 e. The number of ether oxygens (including phenoxy) is 2. The van der Waals surface area contributed by atoms with Crippen LogP contribution in [0.5, 0.6) is 11.6 Å². The number of methoxy groups -OCH3 is 1. The fourth-order valence-corrected chi connectivity index (χ4v) is 3.35. The second-order valence-electron chi connectivity index (χ2n) is 7.08. The van der Waals surface area contributed by atoms with Gasteiger partial charge in [-0.05, 0) is 54.5 Å². The summed E-state index contributed by atoms with van der Waals surface area (Å²) >= 11 is 0. The summed E-state index contributed by atoms with van der Waals surface area (Å²) in [6.07, 6.45) is 0. The molecule has 0 aliphatic carbocycles. The monoisotopic (exact) mass is 405 g/mol. The number of hydrogen-bond acceptors (Lipinski definition) is 7. The van der Waals surface area contributed by atoms with Crippen molar-refractivity contribution in [1.82, 2.24) is 9.99 Å². The van der Waals surface area contributed by atoms with E-state index in [0.29, 0.717) is 12.5 Å². The summed E-state index contributed by atoms with van der Waals surface area (Å²) in [6, 6.07) is 17.7. The van der Waals surface area contributed by atoms with Crippen molar-refractivity contribution in [2.45, 2.75) is 20.5 Å². The van der Waals surface area contributed by atoms with Gasteiger partial charge in [-0.1, -0.05) is 29.5 Å². The van der Waals surface area contributed by atoms with Crippen LogP contribution in [0.15, 0.2) is 65.0 Å². The van der Waals surface area contributed by atoms with Gasteiger partial charge in [0.25, 0.3) is 0 Å². The molecule has 1 aromatic heterocycles. The zero-order valence-electron chi connectivity index (χ0n) is 18.5. The molecule has 154 valence electrons. The normalized spacial score (nSPS) is 16.0. The van der Waals surface area contributed by atoms with Gasteiger partial charge in [-0.3, -0.25) is 5.01 Å². The lowest BCUT2D eigenvalue weighted by molar-refractivity contribution is 0.292. The number of nitrogens with zero attached hydrogens (tertiary/aromatic N) is 5. The van der Waals surface area contributed by atoms with Gasteiger partial charge >= 0.3 is 0 Å². The highest BCUT2D eigenvalue weighted by atomic mass is 16.5. The van der Waals surface area contributed by atoms with Crippen LogP contribution in [0.1, 0.15) is 18.2 Å². The summed E-state index contributed by atoms with van der Waals surface area (Å²) in [5.74, 6) is 1.37. The molecule has 0 spiro atoms. The molecular formula is C23H25N5O2. The van der Waals surface area contributed by atoms with E-state index in [1.165, 1.54) is 5.01 Å². The molecule has 1 aliphatic rings. The molecular weight excluding hydrogens is 378 g/mol. The molecule has 0 saturated heterocycles. The molecule has 1 atom stereocenters. The predicted molar refractivity (Wildman–Crippen MR) is 116 cm³/mol. The number of aryl methyl sites for hydroxylation is 2. The number of anilines is 1. The Bertz CT molecular complexity index is 1100. The molecule has 0 saturated carbocycles. The second-order valence-corrected chi connectivity index (χ2v) is 7.08. The molecule has 30 heavy (non-hydrogen) atoms. The van der Waals surface area contributed by atoms with Crippen molar-refractivity contribution >= 4 is 5.69 Å². The van der Waals surface area contributed by atoms with Crippen LogP contribution < -0.4 is 14.5 Å². The fourth-order valence-electron chi connectivity index (χ4n) is 3.35. The molecule has 0 radical (unpaired) electrons. The van der Waals surface area contributed by atoms with Crippen LogP contribution in [0.25, 0.3) is 11.1 Å². The first kappa shape index (κ1) is 18.4. The molecule has 7 nitrogen and oxygen atoms in total. The van der Waals surface area contributed by atoms with Crippen LogP contribution in [-0.4, -0.2) is 30.8 Å². The Hall–Kier alpha value is -3.61. The zero-order valence-corrected chi connectivity index (χ0v) is 17.5. The maximum atomic E-state index is 8.26. The molecule has 2 heterocycles. The molecule has 1 unspecified atom stereocenters. The molecule has 0 bridgehead atoms. The van der Waals surface area contributed by atoms with Gasteiger partial charge < -0.3 is 9.47 Å². The van der Waals surface area contributed by atoms with Crippen molar-refractivity contribution in [3.8, 4) is 22.8 Å². The summed E-state index contributed by atoms with van der Waals surface area (Å²) in [7, 11) is 3.38. The Labute approximate surface area is 177 Å². The van der Waals surface area contributed by atoms with Gasteiger partial charge in [0.15, 0.2) is 0 Å². The first-order valence-electron chi connectivity index (χ1n) is 10.2. The Morgan fingerprint density at radius 1 is 1.03 bits per heavy atom. The SMILES string of the molecule is [3H]C1N(C)N=NN1c1cccc(C)c1COc1ccc(-c2ccc(OC)cc2)c(C)n1. The van der Waals surface area contributed by atoms with Crippen molar-refractivity contribution in [2.24, 2.45) is 10.4 Å². The van der Waals surface area contributed by atoms with E-state index in [4.69, 9.17) is 10.8 Å². The van der Waals surface area contributed by atoms with Crippen LogP contribution >= 0.6 is 0 Å². The Morgan fingerprint density at radius 2 is 1.83 bits per heavy atom. The summed E-state index contributed by atoms with van der Waals surface area (Å²) in [4.78, 5) is 4.64. The minimum atomic E-state index is -0.704. The Kier molecular flexibility index (Phi) is 5.16. The quantitative estimate of drug-likeness (QED) is 0.581. The third kappa shape index (κ3) is 4.05. The Balaban J connectivity index is 1.53. The molecule has 0 N–H and O–H groups in total. The molecule has 0 amide bonds. The third-order valence-electron chi connectivity index (χ3n) is 5.01. The summed E-state index contributed by atoms with van der Waals surface area (Å²) in [5, 5.41) is 11.1. The van der Waals surface area contributed by atoms with E-state index in [2.05, 4.69) is 15.4 Å². The topological polar surface area (TPSA) is 62.6 Å². The van der Waals surface area contributed by atoms with Crippen molar-refractivity contribution in [1.29, 1.82) is 0 Å². The first-order valence-corrected chi connectivity index (χ1v) is 9.67. The van der Waals surface area contributed by atoms with Gasteiger partial charge in [0.2, 0.25) is 5.88 Å². The van der Waals surface area contributed by atoms with E-state index in [1.54, 1.807) is 19.2 Å². The van der Waals surface area contributed by atoms with Crippen LogP contribution in [0.3, 0.4) is 0 Å². The van der Waals surface area contributed by atoms with Gasteiger partial charge in [0.1, 0.15) is 19.0 Å². The number of hydrogen-bond donors (Lipinski definition) is 0. The molecule has 1 aliphatic heterocycles. The van der Waals surface area contributed by atoms with Crippen molar-refractivity contribution in [2.75, 3.05) is 25.8 Å². The number of benzene rings is 2. The van der Waals surface area contributed by atoms with Crippen LogP contribution in [0.4, 0.5) is 5.69 Å². The lowest BCUT2D eigenvalue weighted by Crippen LogP contribution is -2.23. The Morgan fingerprint density at radius 3 is 2.50 bits per heavy atom. The van der Waals surface area contributed by atoms with Crippen LogP contribution in [-0.2, 0) is 6.61 Å². The van der Waals surface area contributed by atoms with Crippen molar-refractivity contribution in [3.63, 3.8) is 0 Å². The first-order chi connectivity index (χ1) is 15.0. The summed E-state index contributed by atoms with van der Waals surface area (Å²) in [6.45, 7) is 3.60. The predicted octanol–water partition coefficient (Wildman–Crippen LogP) is 4.94. The smallest absolute Gasteiger partial charge is 0.213 e. The van der Waals surface area contributed by atoms with Gasteiger partial charge in [0, 0.05) is 29.9 Å². The highest BCUT2D eigenvalue weighted by Crippen LogP contribution is 2.29. The van der Waals surface area contributed by atoms with E-state index in [-0.39, 0.29) is 0 Å². The average Bonchev–Trinajstić information content (AvgIpc) is 3.11. The third-order valence-corrected chi connectivity index (χ3v) is 5.01. The maximum absolute atomic E-state index is 8.26. The minimum Gasteiger partial charge on any atom is -0.497 e. The zero-order chi connectivity index (χ0) is 22.0. The highest BCUT2D eigenvalue weighted by Gasteiger charge is 2.19.